The fraction of sp³-hybridized carbons (Fsp3) is 0.294. The molecule has 0 saturated carbocycles. The minimum absolute atomic E-state index is 0.754. The van der Waals surface area contributed by atoms with E-state index in [4.69, 9.17) is 4.74 Å². The average Bonchev–Trinajstić information content (AvgIpc) is 2.90. The minimum atomic E-state index is 0.754. The van der Waals surface area contributed by atoms with Crippen molar-refractivity contribution in [2.75, 3.05) is 18.5 Å². The van der Waals surface area contributed by atoms with Crippen molar-refractivity contribution in [2.24, 2.45) is 0 Å². The van der Waals surface area contributed by atoms with Crippen LogP contribution in [0.3, 0.4) is 0 Å². The summed E-state index contributed by atoms with van der Waals surface area (Å²) in [6, 6.07) is 15.1. The first-order valence-corrected chi connectivity index (χ1v) is 7.18. The van der Waals surface area contributed by atoms with Gasteiger partial charge in [0.05, 0.1) is 5.69 Å². The Morgan fingerprint density at radius 1 is 1.00 bits per heavy atom. The normalized spacial score (nSPS) is 17.0. The molecule has 1 N–H and O–H groups in total. The van der Waals surface area contributed by atoms with Crippen molar-refractivity contribution in [3.05, 3.63) is 59.2 Å². The average molecular weight is 266 g/mol. The third-order valence-electron chi connectivity index (χ3n) is 4.06. The maximum Gasteiger partial charge on any atom is 0.146 e. The number of ether oxygens (including phenoxy) is 1. The number of para-hydroxylation sites is 1. The number of nitrogens with zero attached hydrogens (tertiary/aromatic N) is 1. The molecule has 20 heavy (non-hydrogen) atoms. The van der Waals surface area contributed by atoms with Crippen LogP contribution in [-0.4, -0.2) is 18.1 Å². The first-order valence-electron chi connectivity index (χ1n) is 7.18. The molecule has 0 fully saturated rings. The standard InChI is InChI=1S/C17H18N2O/c1-2-5-14-11-19(10-13(14)4-1)12-15-6-3-7-16-17(15)20-9-8-18-16/h1-7,18H,8-12H2. The first kappa shape index (κ1) is 11.8. The second-order valence-electron chi connectivity index (χ2n) is 5.48. The van der Waals surface area contributed by atoms with Crippen LogP contribution in [0.1, 0.15) is 16.7 Å². The molecule has 0 radical (unpaired) electrons. The quantitative estimate of drug-likeness (QED) is 0.904. The summed E-state index contributed by atoms with van der Waals surface area (Å²) in [6.07, 6.45) is 0. The third kappa shape index (κ3) is 2.04. The summed E-state index contributed by atoms with van der Waals surface area (Å²) in [6.45, 7) is 4.66. The van der Waals surface area contributed by atoms with E-state index < -0.39 is 0 Å². The largest absolute Gasteiger partial charge is 0.489 e. The summed E-state index contributed by atoms with van der Waals surface area (Å²) >= 11 is 0. The molecule has 2 aromatic rings. The third-order valence-corrected chi connectivity index (χ3v) is 4.06. The van der Waals surface area contributed by atoms with Gasteiger partial charge in [-0.3, -0.25) is 4.90 Å². The van der Waals surface area contributed by atoms with E-state index in [-0.39, 0.29) is 0 Å². The van der Waals surface area contributed by atoms with E-state index in [0.717, 1.165) is 44.2 Å². The summed E-state index contributed by atoms with van der Waals surface area (Å²) in [5, 5.41) is 3.40. The van der Waals surface area contributed by atoms with Gasteiger partial charge >= 0.3 is 0 Å². The maximum atomic E-state index is 5.85. The Labute approximate surface area is 119 Å². The van der Waals surface area contributed by atoms with Crippen LogP contribution in [0.5, 0.6) is 5.75 Å². The first-order chi connectivity index (χ1) is 9.90. The Morgan fingerprint density at radius 2 is 1.80 bits per heavy atom. The van der Waals surface area contributed by atoms with Crippen molar-refractivity contribution in [3.63, 3.8) is 0 Å². The topological polar surface area (TPSA) is 24.5 Å². The van der Waals surface area contributed by atoms with E-state index in [0.29, 0.717) is 0 Å². The molecule has 2 aliphatic rings. The van der Waals surface area contributed by atoms with Crippen LogP contribution < -0.4 is 10.1 Å². The smallest absolute Gasteiger partial charge is 0.146 e. The van der Waals surface area contributed by atoms with Crippen LogP contribution in [0.25, 0.3) is 0 Å². The molecule has 2 aliphatic heterocycles. The second-order valence-corrected chi connectivity index (χ2v) is 5.48. The molecular formula is C17H18N2O. The number of nitrogens with one attached hydrogen (secondary N) is 1. The van der Waals surface area contributed by atoms with Gasteiger partial charge in [0.15, 0.2) is 0 Å². The van der Waals surface area contributed by atoms with Gasteiger partial charge in [-0.1, -0.05) is 36.4 Å². The van der Waals surface area contributed by atoms with Crippen LogP contribution in [0.4, 0.5) is 5.69 Å². The van der Waals surface area contributed by atoms with Crippen LogP contribution in [-0.2, 0) is 19.6 Å². The summed E-state index contributed by atoms with van der Waals surface area (Å²) < 4.78 is 5.85. The minimum Gasteiger partial charge on any atom is -0.489 e. The summed E-state index contributed by atoms with van der Waals surface area (Å²) in [4.78, 5) is 2.47. The van der Waals surface area contributed by atoms with E-state index in [1.807, 2.05) is 0 Å². The van der Waals surface area contributed by atoms with Crippen molar-refractivity contribution in [3.8, 4) is 5.75 Å². The zero-order valence-electron chi connectivity index (χ0n) is 11.4. The van der Waals surface area contributed by atoms with Crippen LogP contribution >= 0.6 is 0 Å². The van der Waals surface area contributed by atoms with Gasteiger partial charge in [0.1, 0.15) is 12.4 Å². The highest BCUT2D eigenvalue weighted by molar-refractivity contribution is 5.61. The van der Waals surface area contributed by atoms with Gasteiger partial charge in [0.25, 0.3) is 0 Å². The van der Waals surface area contributed by atoms with E-state index in [9.17, 15) is 0 Å². The van der Waals surface area contributed by atoms with Gasteiger partial charge in [-0.05, 0) is 17.2 Å². The van der Waals surface area contributed by atoms with Gasteiger partial charge < -0.3 is 10.1 Å². The fourth-order valence-corrected chi connectivity index (χ4v) is 3.11. The molecule has 0 spiro atoms. The predicted molar refractivity (Wildman–Crippen MR) is 79.8 cm³/mol. The number of hydrogen-bond donors (Lipinski definition) is 1. The molecule has 0 atom stereocenters. The van der Waals surface area contributed by atoms with Crippen molar-refractivity contribution >= 4 is 5.69 Å². The molecule has 0 aliphatic carbocycles. The highest BCUT2D eigenvalue weighted by Gasteiger charge is 2.21. The molecule has 0 unspecified atom stereocenters. The molecule has 3 heteroatoms. The SMILES string of the molecule is c1ccc2c(c1)CN(Cc1cccc3c1OCCN3)C2. The molecule has 4 rings (SSSR count). The molecule has 3 nitrogen and oxygen atoms in total. The summed E-state index contributed by atoms with van der Waals surface area (Å²) in [5.74, 6) is 1.04. The number of rotatable bonds is 2. The Morgan fingerprint density at radius 3 is 2.60 bits per heavy atom. The van der Waals surface area contributed by atoms with Gasteiger partial charge in [0, 0.05) is 31.7 Å². The molecule has 2 heterocycles. The lowest BCUT2D eigenvalue weighted by molar-refractivity contribution is 0.263. The van der Waals surface area contributed by atoms with E-state index in [2.05, 4.69) is 52.7 Å². The Kier molecular flexibility index (Phi) is 2.85. The van der Waals surface area contributed by atoms with Gasteiger partial charge in [-0.15, -0.1) is 0 Å². The van der Waals surface area contributed by atoms with Crippen molar-refractivity contribution in [1.82, 2.24) is 4.90 Å². The van der Waals surface area contributed by atoms with Gasteiger partial charge in [0.2, 0.25) is 0 Å². The molecule has 0 aromatic heterocycles. The Balaban J connectivity index is 1.56. The second kappa shape index (κ2) is 4.84. The van der Waals surface area contributed by atoms with Crippen molar-refractivity contribution in [2.45, 2.75) is 19.6 Å². The maximum absolute atomic E-state index is 5.85. The molecule has 2 aromatic carbocycles. The lowest BCUT2D eigenvalue weighted by Gasteiger charge is -2.24. The molecular weight excluding hydrogens is 248 g/mol. The monoisotopic (exact) mass is 266 g/mol. The van der Waals surface area contributed by atoms with Crippen molar-refractivity contribution < 1.29 is 4.74 Å². The number of anilines is 1. The molecule has 0 amide bonds. The zero-order chi connectivity index (χ0) is 13.4. The van der Waals surface area contributed by atoms with E-state index in [1.165, 1.54) is 16.7 Å². The summed E-state index contributed by atoms with van der Waals surface area (Å²) in [7, 11) is 0. The van der Waals surface area contributed by atoms with Crippen LogP contribution in [0.2, 0.25) is 0 Å². The molecule has 0 saturated heterocycles. The Bertz CT molecular complexity index is 614. The van der Waals surface area contributed by atoms with Gasteiger partial charge in [-0.2, -0.15) is 0 Å². The highest BCUT2D eigenvalue weighted by Crippen LogP contribution is 2.33. The van der Waals surface area contributed by atoms with Gasteiger partial charge in [-0.25, -0.2) is 0 Å². The predicted octanol–water partition coefficient (Wildman–Crippen LogP) is 3.01. The van der Waals surface area contributed by atoms with Crippen LogP contribution in [0, 0.1) is 0 Å². The fourth-order valence-electron chi connectivity index (χ4n) is 3.11. The number of benzene rings is 2. The molecule has 102 valence electrons. The molecule has 0 bridgehead atoms. The van der Waals surface area contributed by atoms with E-state index >= 15 is 0 Å². The van der Waals surface area contributed by atoms with E-state index in [1.54, 1.807) is 0 Å². The van der Waals surface area contributed by atoms with Crippen molar-refractivity contribution in [1.29, 1.82) is 0 Å². The number of hydrogen-bond acceptors (Lipinski definition) is 3. The number of fused-ring (bicyclic) bond motifs is 2. The lowest BCUT2D eigenvalue weighted by atomic mass is 10.1. The lowest BCUT2D eigenvalue weighted by Crippen LogP contribution is -2.21. The highest BCUT2D eigenvalue weighted by atomic mass is 16.5. The van der Waals surface area contributed by atoms with Crippen LogP contribution in [0.15, 0.2) is 42.5 Å². The zero-order valence-corrected chi connectivity index (χ0v) is 11.4. The summed E-state index contributed by atoms with van der Waals surface area (Å²) in [5.41, 5.74) is 5.32. The Hall–Kier alpha value is -2.00.